The van der Waals surface area contributed by atoms with Gasteiger partial charge in [-0.15, -0.1) is 0 Å². The Morgan fingerprint density at radius 3 is 2.27 bits per heavy atom. The van der Waals surface area contributed by atoms with Gasteiger partial charge in [0.25, 0.3) is 0 Å². The number of allylic oxidation sites excluding steroid dienone is 5. The summed E-state index contributed by atoms with van der Waals surface area (Å²) in [6, 6.07) is 12.6. The molecular formula is C37H40O8. The van der Waals surface area contributed by atoms with Gasteiger partial charge < -0.3 is 18.9 Å². The molecule has 0 saturated heterocycles. The molecule has 0 N–H and O–H groups in total. The number of fused-ring (bicyclic) bond motifs is 3. The zero-order valence-electron chi connectivity index (χ0n) is 26.7. The van der Waals surface area contributed by atoms with Gasteiger partial charge in [0.2, 0.25) is 0 Å². The van der Waals surface area contributed by atoms with Crippen molar-refractivity contribution in [3.63, 3.8) is 0 Å². The van der Waals surface area contributed by atoms with Crippen LogP contribution in [-0.2, 0) is 45.4 Å². The Morgan fingerprint density at radius 2 is 1.58 bits per heavy atom. The molecule has 0 amide bonds. The quantitative estimate of drug-likeness (QED) is 0.185. The molecule has 0 heterocycles. The number of carbonyl (C=O) groups is 4. The summed E-state index contributed by atoms with van der Waals surface area (Å²) in [7, 11) is 0. The fourth-order valence-corrected chi connectivity index (χ4v) is 7.65. The Balaban J connectivity index is 1.78. The first kappa shape index (κ1) is 31.9. The first-order valence-corrected chi connectivity index (χ1v) is 15.4. The van der Waals surface area contributed by atoms with Crippen LogP contribution in [0, 0.1) is 18.8 Å². The van der Waals surface area contributed by atoms with Gasteiger partial charge in [-0.05, 0) is 66.0 Å². The second-order valence-electron chi connectivity index (χ2n) is 12.3. The highest BCUT2D eigenvalue weighted by molar-refractivity contribution is 5.72. The Labute approximate surface area is 264 Å². The van der Waals surface area contributed by atoms with Crippen molar-refractivity contribution in [2.75, 3.05) is 6.61 Å². The summed E-state index contributed by atoms with van der Waals surface area (Å²) in [4.78, 5) is 48.1. The predicted octanol–water partition coefficient (Wildman–Crippen LogP) is 6.68. The van der Waals surface area contributed by atoms with Gasteiger partial charge in [0, 0.05) is 56.1 Å². The molecule has 5 rings (SSSR count). The lowest BCUT2D eigenvalue weighted by molar-refractivity contribution is -0.142. The molecule has 2 aromatic rings. The molecule has 0 spiro atoms. The largest absolute Gasteiger partial charge is 0.461 e. The second-order valence-corrected chi connectivity index (χ2v) is 12.3. The fraction of sp³-hybridized carbons (Fsp3) is 0.405. The van der Waals surface area contributed by atoms with Crippen LogP contribution in [0.1, 0.15) is 87.6 Å². The minimum absolute atomic E-state index is 0.0261. The summed E-state index contributed by atoms with van der Waals surface area (Å²) < 4.78 is 22.4. The molecule has 0 aromatic heterocycles. The van der Waals surface area contributed by atoms with Crippen LogP contribution >= 0.6 is 0 Å². The highest BCUT2D eigenvalue weighted by Crippen LogP contribution is 2.63. The Morgan fingerprint density at radius 1 is 0.889 bits per heavy atom. The van der Waals surface area contributed by atoms with E-state index < -0.39 is 29.3 Å². The predicted molar refractivity (Wildman–Crippen MR) is 167 cm³/mol. The second kappa shape index (κ2) is 12.9. The molecule has 0 aliphatic heterocycles. The third kappa shape index (κ3) is 6.10. The molecule has 45 heavy (non-hydrogen) atoms. The third-order valence-electron chi connectivity index (χ3n) is 9.10. The van der Waals surface area contributed by atoms with Gasteiger partial charge >= 0.3 is 23.9 Å². The van der Waals surface area contributed by atoms with E-state index in [2.05, 4.69) is 48.6 Å². The third-order valence-corrected chi connectivity index (χ3v) is 9.10. The van der Waals surface area contributed by atoms with E-state index in [1.807, 2.05) is 19.9 Å². The van der Waals surface area contributed by atoms with Crippen LogP contribution in [-0.4, -0.2) is 30.5 Å². The lowest BCUT2D eigenvalue weighted by atomic mass is 9.57. The molecule has 8 nitrogen and oxygen atoms in total. The van der Waals surface area contributed by atoms with E-state index in [1.54, 1.807) is 0 Å². The number of benzene rings is 2. The molecule has 4 unspecified atom stereocenters. The summed E-state index contributed by atoms with van der Waals surface area (Å²) in [5.74, 6) is -0.786. The number of hydrogen-bond acceptors (Lipinski definition) is 8. The van der Waals surface area contributed by atoms with E-state index in [4.69, 9.17) is 18.9 Å². The van der Waals surface area contributed by atoms with Gasteiger partial charge in [0.1, 0.15) is 24.7 Å². The minimum atomic E-state index is -0.631. The number of hydrogen-bond donors (Lipinski definition) is 0. The first-order valence-electron chi connectivity index (χ1n) is 15.4. The maximum Gasteiger partial charge on any atom is 0.308 e. The van der Waals surface area contributed by atoms with Gasteiger partial charge in [-0.1, -0.05) is 55.5 Å². The van der Waals surface area contributed by atoms with Crippen molar-refractivity contribution in [1.82, 2.24) is 0 Å². The lowest BCUT2D eigenvalue weighted by Gasteiger charge is -2.46. The number of rotatable bonds is 8. The Hall–Kier alpha value is -4.46. The first-order chi connectivity index (χ1) is 21.4. The van der Waals surface area contributed by atoms with Crippen molar-refractivity contribution >= 4 is 23.9 Å². The van der Waals surface area contributed by atoms with Crippen molar-refractivity contribution in [2.24, 2.45) is 11.8 Å². The summed E-state index contributed by atoms with van der Waals surface area (Å²) in [5, 5.41) is 0. The molecule has 236 valence electrons. The molecule has 3 aliphatic rings. The molecule has 0 fully saturated rings. The number of ether oxygens (including phenoxy) is 4. The van der Waals surface area contributed by atoms with E-state index in [1.165, 1.54) is 44.4 Å². The zero-order chi connectivity index (χ0) is 32.5. The van der Waals surface area contributed by atoms with Crippen molar-refractivity contribution in [2.45, 2.75) is 78.7 Å². The van der Waals surface area contributed by atoms with Crippen molar-refractivity contribution in [3.8, 4) is 5.75 Å². The van der Waals surface area contributed by atoms with Crippen molar-refractivity contribution in [1.29, 1.82) is 0 Å². The molecule has 0 radical (unpaired) electrons. The average Bonchev–Trinajstić information content (AvgIpc) is 3.28. The number of aryl methyl sites for hydroxylation is 1. The molecule has 2 aromatic carbocycles. The summed E-state index contributed by atoms with van der Waals surface area (Å²) >= 11 is 0. The molecule has 0 bridgehead atoms. The standard InChI is InChI=1S/C37H40O8/c1-21-15-29(17-27(19-42-23(3)38)35(21)44-25(5)40)37(33-13-9-7-11-31(33)32-12-8-10-14-34(32)37)30-16-22(2)36(45-26(6)41)28(18-30)20-43-24(4)39/h7-11,13-15,17,22,30,32H,12,16,18-20H2,1-6H3. The van der Waals surface area contributed by atoms with Crippen LogP contribution in [0.4, 0.5) is 0 Å². The van der Waals surface area contributed by atoms with Crippen LogP contribution in [0.5, 0.6) is 5.75 Å². The van der Waals surface area contributed by atoms with E-state index in [9.17, 15) is 19.2 Å². The monoisotopic (exact) mass is 612 g/mol. The summed E-state index contributed by atoms with van der Waals surface area (Å²) in [6.07, 6.45) is 8.59. The van der Waals surface area contributed by atoms with Crippen molar-refractivity contribution in [3.05, 3.63) is 99.3 Å². The molecule has 3 aliphatic carbocycles. The van der Waals surface area contributed by atoms with Gasteiger partial charge in [-0.2, -0.15) is 0 Å². The lowest BCUT2D eigenvalue weighted by Crippen LogP contribution is -2.41. The number of carbonyl (C=O) groups excluding carboxylic acids is 4. The topological polar surface area (TPSA) is 105 Å². The van der Waals surface area contributed by atoms with Crippen LogP contribution in [0.25, 0.3) is 0 Å². The highest BCUT2D eigenvalue weighted by atomic mass is 16.6. The van der Waals surface area contributed by atoms with E-state index in [-0.39, 0.29) is 31.0 Å². The minimum Gasteiger partial charge on any atom is -0.461 e. The Kier molecular flexibility index (Phi) is 9.14. The highest BCUT2D eigenvalue weighted by Gasteiger charge is 2.55. The average molecular weight is 613 g/mol. The van der Waals surface area contributed by atoms with E-state index in [0.717, 1.165) is 23.1 Å². The fourth-order valence-electron chi connectivity index (χ4n) is 7.65. The van der Waals surface area contributed by atoms with E-state index >= 15 is 0 Å². The molecule has 0 saturated carbocycles. The van der Waals surface area contributed by atoms with Gasteiger partial charge in [0.15, 0.2) is 0 Å². The van der Waals surface area contributed by atoms with Gasteiger partial charge in [-0.3, -0.25) is 19.2 Å². The van der Waals surface area contributed by atoms with Crippen LogP contribution in [0.2, 0.25) is 0 Å². The van der Waals surface area contributed by atoms with Gasteiger partial charge in [0.05, 0.1) is 0 Å². The van der Waals surface area contributed by atoms with Gasteiger partial charge in [-0.25, -0.2) is 0 Å². The summed E-state index contributed by atoms with van der Waals surface area (Å²) in [6.45, 7) is 9.36. The normalized spacial score (nSPS) is 23.4. The van der Waals surface area contributed by atoms with Crippen molar-refractivity contribution < 1.29 is 38.1 Å². The summed E-state index contributed by atoms with van der Waals surface area (Å²) in [5.41, 5.74) is 6.18. The van der Waals surface area contributed by atoms with Crippen LogP contribution in [0.15, 0.2) is 71.5 Å². The molecular weight excluding hydrogens is 572 g/mol. The Bertz CT molecular complexity index is 1640. The van der Waals surface area contributed by atoms with Crippen LogP contribution in [0.3, 0.4) is 0 Å². The zero-order valence-corrected chi connectivity index (χ0v) is 26.7. The number of esters is 4. The van der Waals surface area contributed by atoms with E-state index in [0.29, 0.717) is 29.9 Å². The molecule has 4 atom stereocenters. The maximum atomic E-state index is 12.2. The maximum absolute atomic E-state index is 12.2. The SMILES string of the molecule is CC(=O)OCC1=C(OC(C)=O)C(C)CC(C2(c3cc(C)c(OC(C)=O)c(COC(C)=O)c3)C3=CC=CCC3c3ccccc32)C1. The smallest absolute Gasteiger partial charge is 0.308 e. The molecule has 8 heteroatoms. The van der Waals surface area contributed by atoms with Crippen LogP contribution < -0.4 is 4.74 Å².